The molecule has 2 atom stereocenters. The number of hydrogen-bond donors (Lipinski definition) is 1. The number of carbonyl (C=O) groups excluding carboxylic acids is 1. The van der Waals surface area contributed by atoms with E-state index in [1.807, 2.05) is 6.07 Å². The van der Waals surface area contributed by atoms with Crippen LogP contribution in [0.5, 0.6) is 5.88 Å². The minimum Gasteiger partial charge on any atom is -0.480 e. The fraction of sp³-hybridized carbons (Fsp3) is 0.278. The first-order valence-corrected chi connectivity index (χ1v) is 9.04. The van der Waals surface area contributed by atoms with Crippen LogP contribution in [0.4, 0.5) is 16.2 Å². The van der Waals surface area contributed by atoms with Gasteiger partial charge in [-0.2, -0.15) is 10.4 Å². The summed E-state index contributed by atoms with van der Waals surface area (Å²) in [5.41, 5.74) is 2.02. The third kappa shape index (κ3) is 3.07. The van der Waals surface area contributed by atoms with Gasteiger partial charge in [-0.25, -0.2) is 19.3 Å². The molecular weight excluding hydrogens is 414 g/mol. The van der Waals surface area contributed by atoms with Gasteiger partial charge in [-0.15, -0.1) is 0 Å². The summed E-state index contributed by atoms with van der Waals surface area (Å²) < 4.78 is 17.7. The molecule has 2 amide bonds. The molecule has 0 spiro atoms. The molecule has 0 unspecified atom stereocenters. The number of carbonyl (C=O) groups is 1. The van der Waals surface area contributed by atoms with Crippen LogP contribution in [-0.2, 0) is 9.47 Å². The normalized spacial score (nSPS) is 17.6. The molecule has 0 radical (unpaired) electrons. The number of urea groups is 1. The summed E-state index contributed by atoms with van der Waals surface area (Å²) in [6.45, 7) is 0. The zero-order chi connectivity index (χ0) is 21.4. The average Bonchev–Trinajstić information content (AvgIpc) is 3.29. The maximum atomic E-state index is 13.2. The Bertz CT molecular complexity index is 1180. The van der Waals surface area contributed by atoms with E-state index in [4.69, 9.17) is 25.8 Å². The molecule has 0 saturated carbocycles. The smallest absolute Gasteiger partial charge is 0.328 e. The number of nitrogens with one attached hydrogen (secondary N) is 1. The van der Waals surface area contributed by atoms with Crippen molar-refractivity contribution in [2.24, 2.45) is 0 Å². The van der Waals surface area contributed by atoms with Crippen molar-refractivity contribution in [3.05, 3.63) is 40.9 Å². The lowest BCUT2D eigenvalue weighted by Gasteiger charge is -2.26. The molecule has 0 fully saturated rings. The third-order valence-electron chi connectivity index (χ3n) is 4.64. The first kappa shape index (κ1) is 19.8. The van der Waals surface area contributed by atoms with Gasteiger partial charge in [0.15, 0.2) is 17.0 Å². The number of hydrogen-bond acceptors (Lipinski definition) is 8. The number of rotatable bonds is 4. The minimum atomic E-state index is -0.790. The van der Waals surface area contributed by atoms with Gasteiger partial charge in [0.1, 0.15) is 23.4 Å². The van der Waals surface area contributed by atoms with Crippen molar-refractivity contribution in [1.82, 2.24) is 19.6 Å². The van der Waals surface area contributed by atoms with Crippen LogP contribution in [0.25, 0.3) is 5.65 Å². The van der Waals surface area contributed by atoms with Gasteiger partial charge in [-0.05, 0) is 6.07 Å². The van der Waals surface area contributed by atoms with Gasteiger partial charge >= 0.3 is 6.03 Å². The largest absolute Gasteiger partial charge is 0.480 e. The predicted molar refractivity (Wildman–Crippen MR) is 106 cm³/mol. The lowest BCUT2D eigenvalue weighted by molar-refractivity contribution is -0.0270. The maximum Gasteiger partial charge on any atom is 0.328 e. The standard InChI is InChI=1S/C18H16ClN7O4/c1-28-15-14-11(8-21-13-5-12(19)24-26(13)14)25(17(15)30-3)18(27)23-10-4-9(6-20)16(29-2)22-7-10/h4-5,7-8,15,17H,1-3H3,(H,23,27)/t15-,17-/m1/s1. The number of fused-ring (bicyclic) bond motifs is 3. The van der Waals surface area contributed by atoms with Crippen LogP contribution < -0.4 is 15.0 Å². The van der Waals surface area contributed by atoms with Gasteiger partial charge in [0, 0.05) is 20.3 Å². The van der Waals surface area contributed by atoms with Crippen LogP contribution in [0.15, 0.2) is 24.5 Å². The molecule has 11 nitrogen and oxygen atoms in total. The molecule has 0 saturated heterocycles. The average molecular weight is 430 g/mol. The van der Waals surface area contributed by atoms with Crippen molar-refractivity contribution in [1.29, 1.82) is 5.26 Å². The molecule has 0 bridgehead atoms. The van der Waals surface area contributed by atoms with Crippen molar-refractivity contribution < 1.29 is 19.0 Å². The van der Waals surface area contributed by atoms with Gasteiger partial charge in [0.2, 0.25) is 5.88 Å². The van der Waals surface area contributed by atoms with Crippen molar-refractivity contribution in [2.45, 2.75) is 12.3 Å². The number of nitrogens with zero attached hydrogens (tertiary/aromatic N) is 6. The molecule has 154 valence electrons. The SMILES string of the molecule is COc1ncc(NC(=O)N2c3cnc4cc(Cl)nn4c3[C@@H](OC)[C@H]2OC)cc1C#N. The minimum absolute atomic E-state index is 0.165. The second-order valence-electron chi connectivity index (χ2n) is 6.24. The van der Waals surface area contributed by atoms with Crippen LogP contribution >= 0.6 is 11.6 Å². The van der Waals surface area contributed by atoms with Gasteiger partial charge in [0.25, 0.3) is 0 Å². The Morgan fingerprint density at radius 1 is 1.23 bits per heavy atom. The molecule has 3 aromatic rings. The number of aromatic nitrogens is 4. The number of ether oxygens (including phenoxy) is 3. The molecule has 0 aromatic carbocycles. The van der Waals surface area contributed by atoms with Gasteiger partial charge in [-0.3, -0.25) is 4.90 Å². The molecule has 3 aromatic heterocycles. The molecule has 0 aliphatic carbocycles. The highest BCUT2D eigenvalue weighted by Crippen LogP contribution is 2.42. The van der Waals surface area contributed by atoms with Crippen LogP contribution in [0.1, 0.15) is 17.4 Å². The van der Waals surface area contributed by atoms with E-state index in [1.54, 1.807) is 6.07 Å². The number of nitriles is 1. The second kappa shape index (κ2) is 7.75. The van der Waals surface area contributed by atoms with Gasteiger partial charge < -0.3 is 19.5 Å². The highest BCUT2D eigenvalue weighted by Gasteiger charge is 2.45. The molecule has 4 heterocycles. The van der Waals surface area contributed by atoms with Crippen LogP contribution in [0.2, 0.25) is 5.15 Å². The lowest BCUT2D eigenvalue weighted by atomic mass is 10.2. The summed E-state index contributed by atoms with van der Waals surface area (Å²) in [7, 11) is 4.38. The molecule has 1 aliphatic heterocycles. The van der Waals surface area contributed by atoms with Crippen molar-refractivity contribution >= 4 is 34.7 Å². The van der Waals surface area contributed by atoms with E-state index in [0.717, 1.165) is 0 Å². The predicted octanol–water partition coefficient (Wildman–Crippen LogP) is 2.37. The van der Waals surface area contributed by atoms with Crippen molar-refractivity contribution in [3.63, 3.8) is 0 Å². The fourth-order valence-electron chi connectivity index (χ4n) is 3.40. The third-order valence-corrected chi connectivity index (χ3v) is 4.83. The first-order chi connectivity index (χ1) is 14.5. The van der Waals surface area contributed by atoms with E-state index >= 15 is 0 Å². The molecule has 1 N–H and O–H groups in total. The van der Waals surface area contributed by atoms with Gasteiger partial charge in [0.05, 0.1) is 30.9 Å². The Hall–Kier alpha value is -3.46. The Labute approximate surface area is 175 Å². The van der Waals surface area contributed by atoms with Gasteiger partial charge in [-0.1, -0.05) is 11.6 Å². The molecule has 4 rings (SSSR count). The molecular formula is C18H16ClN7O4. The number of methoxy groups -OCH3 is 3. The zero-order valence-corrected chi connectivity index (χ0v) is 16.9. The first-order valence-electron chi connectivity index (χ1n) is 8.66. The van der Waals surface area contributed by atoms with E-state index in [-0.39, 0.29) is 16.6 Å². The summed E-state index contributed by atoms with van der Waals surface area (Å²) >= 11 is 6.03. The molecule has 12 heteroatoms. The maximum absolute atomic E-state index is 13.2. The van der Waals surface area contributed by atoms with E-state index in [1.165, 1.54) is 49.2 Å². The summed E-state index contributed by atoms with van der Waals surface area (Å²) in [5, 5.41) is 16.4. The fourth-order valence-corrected chi connectivity index (χ4v) is 3.58. The topological polar surface area (TPSA) is 127 Å². The second-order valence-corrected chi connectivity index (χ2v) is 6.63. The quantitative estimate of drug-likeness (QED) is 0.669. The number of pyridine rings is 1. The van der Waals surface area contributed by atoms with Crippen LogP contribution in [0.3, 0.4) is 0 Å². The number of anilines is 2. The summed E-state index contributed by atoms with van der Waals surface area (Å²) in [6.07, 6.45) is 1.49. The van der Waals surface area contributed by atoms with Crippen molar-refractivity contribution in [3.8, 4) is 11.9 Å². The monoisotopic (exact) mass is 429 g/mol. The number of halogens is 1. The highest BCUT2D eigenvalue weighted by atomic mass is 35.5. The Morgan fingerprint density at radius 3 is 2.70 bits per heavy atom. The molecule has 1 aliphatic rings. The van der Waals surface area contributed by atoms with Crippen LogP contribution in [0, 0.1) is 11.3 Å². The molecule has 30 heavy (non-hydrogen) atoms. The lowest BCUT2D eigenvalue weighted by Crippen LogP contribution is -2.43. The van der Waals surface area contributed by atoms with E-state index in [0.29, 0.717) is 22.7 Å². The van der Waals surface area contributed by atoms with E-state index in [2.05, 4.69) is 20.4 Å². The Balaban J connectivity index is 1.74. The highest BCUT2D eigenvalue weighted by molar-refractivity contribution is 6.29. The van der Waals surface area contributed by atoms with Crippen molar-refractivity contribution in [2.75, 3.05) is 31.5 Å². The van der Waals surface area contributed by atoms with E-state index in [9.17, 15) is 10.1 Å². The van der Waals surface area contributed by atoms with E-state index < -0.39 is 18.4 Å². The Morgan fingerprint density at radius 2 is 2.03 bits per heavy atom. The summed E-state index contributed by atoms with van der Waals surface area (Å²) in [5.74, 6) is 0.165. The summed E-state index contributed by atoms with van der Waals surface area (Å²) in [6, 6.07) is 4.51. The van der Waals surface area contributed by atoms with Crippen LogP contribution in [-0.4, -0.2) is 53.2 Å². The summed E-state index contributed by atoms with van der Waals surface area (Å²) in [4.78, 5) is 22.9. The Kier molecular flexibility index (Phi) is 5.13. The number of amides is 2. The zero-order valence-electron chi connectivity index (χ0n) is 16.2.